The predicted molar refractivity (Wildman–Crippen MR) is 122 cm³/mol. The molecule has 0 radical (unpaired) electrons. The van der Waals surface area contributed by atoms with Gasteiger partial charge in [0.05, 0.1) is 19.3 Å². The van der Waals surface area contributed by atoms with Crippen molar-refractivity contribution in [2.75, 3.05) is 20.3 Å². The molecule has 0 heterocycles. The van der Waals surface area contributed by atoms with Crippen LogP contribution in [0.4, 0.5) is 0 Å². The number of ether oxygens (including phenoxy) is 4. The first-order valence-electron chi connectivity index (χ1n) is 10.4. The zero-order chi connectivity index (χ0) is 22.8. The van der Waals surface area contributed by atoms with Crippen LogP contribution >= 0.6 is 11.6 Å². The van der Waals surface area contributed by atoms with Gasteiger partial charge in [-0.15, -0.1) is 0 Å². The van der Waals surface area contributed by atoms with Gasteiger partial charge in [-0.25, -0.2) is 0 Å². The fourth-order valence-corrected chi connectivity index (χ4v) is 3.00. The minimum Gasteiger partial charge on any atom is -0.493 e. The molecule has 2 aromatic rings. The summed E-state index contributed by atoms with van der Waals surface area (Å²) in [6.07, 6.45) is -0.113. The highest BCUT2D eigenvalue weighted by Gasteiger charge is 2.21. The van der Waals surface area contributed by atoms with Crippen LogP contribution in [0, 0.1) is 0 Å². The molecule has 6 nitrogen and oxygen atoms in total. The molecular formula is C24H32ClNO5. The summed E-state index contributed by atoms with van der Waals surface area (Å²) in [7, 11) is 1.61. The number of amides is 1. The normalized spacial score (nSPS) is 12.0. The van der Waals surface area contributed by atoms with Crippen molar-refractivity contribution in [1.82, 2.24) is 5.32 Å². The van der Waals surface area contributed by atoms with Crippen molar-refractivity contribution in [3.63, 3.8) is 0 Å². The van der Waals surface area contributed by atoms with Crippen molar-refractivity contribution in [2.24, 2.45) is 0 Å². The molecule has 0 bridgehead atoms. The van der Waals surface area contributed by atoms with E-state index in [2.05, 4.69) is 5.32 Å². The average Bonchev–Trinajstić information content (AvgIpc) is 2.72. The van der Waals surface area contributed by atoms with Crippen molar-refractivity contribution < 1.29 is 23.7 Å². The number of carbonyl (C=O) groups excluding carboxylic acids is 1. The summed E-state index contributed by atoms with van der Waals surface area (Å²) in [5, 5.41) is 3.55. The van der Waals surface area contributed by atoms with E-state index in [-0.39, 0.29) is 24.7 Å². The van der Waals surface area contributed by atoms with E-state index in [9.17, 15) is 4.79 Å². The third kappa shape index (κ3) is 8.67. The van der Waals surface area contributed by atoms with Crippen LogP contribution < -0.4 is 19.5 Å². The van der Waals surface area contributed by atoms with Gasteiger partial charge in [-0.2, -0.15) is 0 Å². The molecule has 0 saturated carbocycles. The van der Waals surface area contributed by atoms with E-state index < -0.39 is 6.10 Å². The second kappa shape index (κ2) is 12.4. The SMILES string of the molecule is COc1cc(CCNC(=O)C(COc2ccc(Cl)cc2)OC(C)C)ccc1OC(C)C. The molecule has 0 aliphatic heterocycles. The van der Waals surface area contributed by atoms with Crippen LogP contribution in [0.15, 0.2) is 42.5 Å². The lowest BCUT2D eigenvalue weighted by Gasteiger charge is -2.20. The van der Waals surface area contributed by atoms with E-state index >= 15 is 0 Å². The Kier molecular flexibility index (Phi) is 9.95. The number of hydrogen-bond donors (Lipinski definition) is 1. The Balaban J connectivity index is 1.90. The van der Waals surface area contributed by atoms with Gasteiger partial charge in [-0.05, 0) is 76.1 Å². The molecule has 1 amide bonds. The number of nitrogens with one attached hydrogen (secondary N) is 1. The number of carbonyl (C=O) groups is 1. The fourth-order valence-electron chi connectivity index (χ4n) is 2.87. The Bertz CT molecular complexity index is 823. The zero-order valence-corrected chi connectivity index (χ0v) is 19.6. The summed E-state index contributed by atoms with van der Waals surface area (Å²) in [4.78, 5) is 12.7. The quantitative estimate of drug-likeness (QED) is 0.510. The molecule has 31 heavy (non-hydrogen) atoms. The van der Waals surface area contributed by atoms with Gasteiger partial charge < -0.3 is 24.3 Å². The number of hydrogen-bond acceptors (Lipinski definition) is 5. The van der Waals surface area contributed by atoms with Crippen molar-refractivity contribution in [3.8, 4) is 17.2 Å². The molecule has 2 aromatic carbocycles. The molecule has 0 aromatic heterocycles. The zero-order valence-electron chi connectivity index (χ0n) is 18.8. The summed E-state index contributed by atoms with van der Waals surface area (Å²) in [6, 6.07) is 12.8. The molecule has 0 aliphatic rings. The second-order valence-electron chi connectivity index (χ2n) is 7.63. The summed E-state index contributed by atoms with van der Waals surface area (Å²) in [5.41, 5.74) is 1.03. The van der Waals surface area contributed by atoms with Gasteiger partial charge in [-0.3, -0.25) is 4.79 Å². The Hall–Kier alpha value is -2.44. The van der Waals surface area contributed by atoms with E-state index in [1.807, 2.05) is 45.9 Å². The summed E-state index contributed by atoms with van der Waals surface area (Å²) in [5.74, 6) is 1.80. The van der Waals surface area contributed by atoms with Gasteiger partial charge in [-0.1, -0.05) is 17.7 Å². The topological polar surface area (TPSA) is 66.0 Å². The highest BCUT2D eigenvalue weighted by atomic mass is 35.5. The second-order valence-corrected chi connectivity index (χ2v) is 8.07. The molecule has 1 atom stereocenters. The largest absolute Gasteiger partial charge is 0.493 e. The van der Waals surface area contributed by atoms with Crippen LogP contribution in [-0.4, -0.2) is 44.5 Å². The molecule has 0 aliphatic carbocycles. The maximum absolute atomic E-state index is 12.7. The third-order valence-electron chi connectivity index (χ3n) is 4.25. The predicted octanol–water partition coefficient (Wildman–Crippen LogP) is 4.67. The molecule has 1 unspecified atom stereocenters. The number of halogens is 1. The van der Waals surface area contributed by atoms with Crippen LogP contribution in [0.3, 0.4) is 0 Å². The van der Waals surface area contributed by atoms with Crippen molar-refractivity contribution in [3.05, 3.63) is 53.1 Å². The smallest absolute Gasteiger partial charge is 0.252 e. The summed E-state index contributed by atoms with van der Waals surface area (Å²) in [6.45, 7) is 8.28. The molecule has 0 saturated heterocycles. The standard InChI is InChI=1S/C24H32ClNO5/c1-16(2)30-21-11-6-18(14-22(21)28-5)12-13-26-24(27)23(31-17(3)4)15-29-20-9-7-19(25)8-10-20/h6-11,14,16-17,23H,12-13,15H2,1-5H3,(H,26,27). The Labute approximate surface area is 189 Å². The number of benzene rings is 2. The fraction of sp³-hybridized carbons (Fsp3) is 0.458. The van der Waals surface area contributed by atoms with Crippen LogP contribution in [0.5, 0.6) is 17.2 Å². The van der Waals surface area contributed by atoms with E-state index in [1.165, 1.54) is 0 Å². The lowest BCUT2D eigenvalue weighted by atomic mass is 10.1. The number of methoxy groups -OCH3 is 1. The van der Waals surface area contributed by atoms with Gasteiger partial charge in [0.1, 0.15) is 12.4 Å². The van der Waals surface area contributed by atoms with E-state index in [0.29, 0.717) is 35.2 Å². The molecular weight excluding hydrogens is 418 g/mol. The van der Waals surface area contributed by atoms with Gasteiger partial charge in [0.2, 0.25) is 0 Å². The van der Waals surface area contributed by atoms with Gasteiger partial charge in [0, 0.05) is 11.6 Å². The average molecular weight is 450 g/mol. The molecule has 170 valence electrons. The maximum Gasteiger partial charge on any atom is 0.252 e. The Morgan fingerprint density at radius 3 is 2.32 bits per heavy atom. The van der Waals surface area contributed by atoms with Crippen molar-refractivity contribution in [1.29, 1.82) is 0 Å². The molecule has 0 spiro atoms. The van der Waals surface area contributed by atoms with E-state index in [4.69, 9.17) is 30.5 Å². The Morgan fingerprint density at radius 1 is 1.00 bits per heavy atom. The molecule has 0 fully saturated rings. The summed E-state index contributed by atoms with van der Waals surface area (Å²) < 4.78 is 22.6. The van der Waals surface area contributed by atoms with E-state index in [1.54, 1.807) is 31.4 Å². The first-order chi connectivity index (χ1) is 14.8. The van der Waals surface area contributed by atoms with Crippen LogP contribution in [0.25, 0.3) is 0 Å². The highest BCUT2D eigenvalue weighted by Crippen LogP contribution is 2.29. The van der Waals surface area contributed by atoms with Crippen LogP contribution in [0.2, 0.25) is 5.02 Å². The first kappa shape index (κ1) is 24.8. The van der Waals surface area contributed by atoms with Gasteiger partial charge in [0.25, 0.3) is 5.91 Å². The van der Waals surface area contributed by atoms with E-state index in [0.717, 1.165) is 5.56 Å². The molecule has 2 rings (SSSR count). The van der Waals surface area contributed by atoms with Gasteiger partial charge >= 0.3 is 0 Å². The maximum atomic E-state index is 12.7. The lowest BCUT2D eigenvalue weighted by molar-refractivity contribution is -0.137. The summed E-state index contributed by atoms with van der Waals surface area (Å²) >= 11 is 5.89. The molecule has 1 N–H and O–H groups in total. The monoisotopic (exact) mass is 449 g/mol. The van der Waals surface area contributed by atoms with Crippen molar-refractivity contribution in [2.45, 2.75) is 52.4 Å². The lowest BCUT2D eigenvalue weighted by Crippen LogP contribution is -2.42. The first-order valence-corrected chi connectivity index (χ1v) is 10.8. The third-order valence-corrected chi connectivity index (χ3v) is 4.50. The highest BCUT2D eigenvalue weighted by molar-refractivity contribution is 6.30. The van der Waals surface area contributed by atoms with Crippen LogP contribution in [0.1, 0.15) is 33.3 Å². The van der Waals surface area contributed by atoms with Crippen LogP contribution in [-0.2, 0) is 16.0 Å². The number of rotatable bonds is 12. The molecule has 7 heteroatoms. The minimum atomic E-state index is -0.716. The Morgan fingerprint density at radius 2 is 1.71 bits per heavy atom. The van der Waals surface area contributed by atoms with Gasteiger partial charge in [0.15, 0.2) is 17.6 Å². The minimum absolute atomic E-state index is 0.0621. The van der Waals surface area contributed by atoms with Crippen molar-refractivity contribution >= 4 is 17.5 Å².